The van der Waals surface area contributed by atoms with Crippen molar-refractivity contribution in [3.8, 4) is 22.3 Å². The van der Waals surface area contributed by atoms with E-state index in [9.17, 15) is 39.6 Å². The maximum atomic E-state index is 11.6. The Morgan fingerprint density at radius 1 is 0.432 bits per heavy atom. The van der Waals surface area contributed by atoms with Gasteiger partial charge in [0, 0.05) is 0 Å². The molecule has 0 aliphatic heterocycles. The molecule has 4 aromatic carbocycles. The molecule has 8 nitrogen and oxygen atoms in total. The first-order chi connectivity index (χ1) is 17.6. The molecule has 0 fully saturated rings. The molecule has 184 valence electrons. The second-order valence-corrected chi connectivity index (χ2v) is 8.32. The summed E-state index contributed by atoms with van der Waals surface area (Å²) in [4.78, 5) is 45.8. The van der Waals surface area contributed by atoms with Crippen LogP contribution in [0.3, 0.4) is 0 Å². The summed E-state index contributed by atoms with van der Waals surface area (Å²) in [6, 6.07) is 23.2. The summed E-state index contributed by atoms with van der Waals surface area (Å²) in [5.74, 6) is -5.28. The fourth-order valence-electron chi connectivity index (χ4n) is 4.13. The first-order valence-electron chi connectivity index (χ1n) is 11.0. The first kappa shape index (κ1) is 24.9. The van der Waals surface area contributed by atoms with E-state index in [0.29, 0.717) is 17.5 Å². The van der Waals surface area contributed by atoms with E-state index < -0.39 is 23.9 Å². The van der Waals surface area contributed by atoms with Crippen LogP contribution in [-0.2, 0) is 6.42 Å². The smallest absolute Gasteiger partial charge is 0.336 e. The third-order valence-corrected chi connectivity index (χ3v) is 5.89. The van der Waals surface area contributed by atoms with Gasteiger partial charge in [0.05, 0.1) is 22.3 Å². The van der Waals surface area contributed by atoms with Gasteiger partial charge in [-0.1, -0.05) is 60.7 Å². The number of hydrogen-bond acceptors (Lipinski definition) is 4. The Kier molecular flexibility index (Phi) is 6.84. The molecule has 0 radical (unpaired) electrons. The highest BCUT2D eigenvalue weighted by molar-refractivity contribution is 6.03. The minimum atomic E-state index is -1.32. The summed E-state index contributed by atoms with van der Waals surface area (Å²) in [6.07, 6.45) is 0.514. The van der Waals surface area contributed by atoms with Gasteiger partial charge in [0.1, 0.15) is 0 Å². The van der Waals surface area contributed by atoms with Gasteiger partial charge in [0.15, 0.2) is 0 Å². The maximum absolute atomic E-state index is 11.6. The fraction of sp³-hybridized carbons (Fsp3) is 0.0345. The molecule has 4 rings (SSSR count). The predicted molar refractivity (Wildman–Crippen MR) is 134 cm³/mol. The van der Waals surface area contributed by atoms with Crippen molar-refractivity contribution in [3.63, 3.8) is 0 Å². The van der Waals surface area contributed by atoms with Crippen LogP contribution in [0.2, 0.25) is 0 Å². The summed E-state index contributed by atoms with van der Waals surface area (Å²) < 4.78 is 0. The topological polar surface area (TPSA) is 149 Å². The van der Waals surface area contributed by atoms with Gasteiger partial charge in [-0.25, -0.2) is 19.2 Å². The van der Waals surface area contributed by atoms with Crippen LogP contribution >= 0.6 is 0 Å². The lowest BCUT2D eigenvalue weighted by Crippen LogP contribution is -2.08. The molecule has 0 aliphatic rings. The summed E-state index contributed by atoms with van der Waals surface area (Å²) >= 11 is 0. The zero-order valence-corrected chi connectivity index (χ0v) is 19.2. The average Bonchev–Trinajstić information content (AvgIpc) is 2.88. The number of benzene rings is 4. The molecule has 8 heteroatoms. The van der Waals surface area contributed by atoms with Gasteiger partial charge in [-0.3, -0.25) is 0 Å². The van der Waals surface area contributed by atoms with Crippen molar-refractivity contribution in [2.75, 3.05) is 0 Å². The predicted octanol–water partition coefficient (Wildman–Crippen LogP) is 5.40. The van der Waals surface area contributed by atoms with E-state index in [4.69, 9.17) is 0 Å². The summed E-state index contributed by atoms with van der Waals surface area (Å²) in [7, 11) is 0. The van der Waals surface area contributed by atoms with Gasteiger partial charge in [-0.05, 0) is 64.1 Å². The molecule has 0 saturated heterocycles. The SMILES string of the molecule is O=C(O)c1ccc(-c2cccc(Cc3cccc(-c4ccc(C(=O)O)c(C(=O)O)c4)c3)c2)cc1C(=O)O. The number of carboxylic acid groups (broad SMARTS) is 4. The van der Waals surface area contributed by atoms with E-state index in [0.717, 1.165) is 22.3 Å². The van der Waals surface area contributed by atoms with Crippen molar-refractivity contribution < 1.29 is 39.6 Å². The van der Waals surface area contributed by atoms with Crippen LogP contribution in [0.4, 0.5) is 0 Å². The van der Waals surface area contributed by atoms with Crippen molar-refractivity contribution in [1.29, 1.82) is 0 Å². The highest BCUT2D eigenvalue weighted by Crippen LogP contribution is 2.27. The molecule has 0 unspecified atom stereocenters. The quantitative estimate of drug-likeness (QED) is 0.253. The molecule has 0 aromatic heterocycles. The van der Waals surface area contributed by atoms with Crippen LogP contribution in [0.25, 0.3) is 22.3 Å². The largest absolute Gasteiger partial charge is 0.478 e. The van der Waals surface area contributed by atoms with Crippen molar-refractivity contribution in [2.45, 2.75) is 6.42 Å². The minimum Gasteiger partial charge on any atom is -0.478 e. The molecule has 0 amide bonds. The van der Waals surface area contributed by atoms with Gasteiger partial charge in [-0.15, -0.1) is 0 Å². The molecule has 37 heavy (non-hydrogen) atoms. The van der Waals surface area contributed by atoms with E-state index in [2.05, 4.69) is 0 Å². The number of aromatic carboxylic acids is 4. The molecule has 0 heterocycles. The van der Waals surface area contributed by atoms with Gasteiger partial charge in [0.2, 0.25) is 0 Å². The minimum absolute atomic E-state index is 0.285. The molecule has 0 saturated carbocycles. The Morgan fingerprint density at radius 2 is 0.784 bits per heavy atom. The number of hydrogen-bond donors (Lipinski definition) is 4. The van der Waals surface area contributed by atoms with E-state index in [1.165, 1.54) is 24.3 Å². The van der Waals surface area contributed by atoms with Crippen molar-refractivity contribution in [2.24, 2.45) is 0 Å². The second-order valence-electron chi connectivity index (χ2n) is 8.32. The third-order valence-electron chi connectivity index (χ3n) is 5.89. The Bertz CT molecular complexity index is 1450. The fourth-order valence-corrected chi connectivity index (χ4v) is 4.13. The summed E-state index contributed by atoms with van der Waals surface area (Å²) in [6.45, 7) is 0. The van der Waals surface area contributed by atoms with Crippen molar-refractivity contribution >= 4 is 23.9 Å². The Labute approximate surface area is 210 Å². The maximum Gasteiger partial charge on any atom is 0.336 e. The molecule has 0 spiro atoms. The molecule has 0 aliphatic carbocycles. The molecule has 4 N–H and O–H groups in total. The standard InChI is InChI=1S/C29H20O8/c30-26(31)22-9-7-20(14-24(22)28(34)35)18-5-1-3-16(12-18)11-17-4-2-6-19(13-17)21-8-10-23(27(32)33)25(15-21)29(36)37/h1-10,12-15H,11H2,(H,30,31)(H,32,33)(H,34,35)(H,36,37). The van der Waals surface area contributed by atoms with E-state index in [-0.39, 0.29) is 22.3 Å². The molecule has 0 bridgehead atoms. The monoisotopic (exact) mass is 496 g/mol. The van der Waals surface area contributed by atoms with Crippen LogP contribution in [0.15, 0.2) is 84.9 Å². The Balaban J connectivity index is 1.64. The number of carboxylic acids is 4. The number of rotatable bonds is 8. The van der Waals surface area contributed by atoms with Crippen LogP contribution in [0.5, 0.6) is 0 Å². The third kappa shape index (κ3) is 5.38. The van der Waals surface area contributed by atoms with E-state index in [1.807, 2.05) is 36.4 Å². The zero-order valence-electron chi connectivity index (χ0n) is 19.2. The van der Waals surface area contributed by atoms with E-state index >= 15 is 0 Å². The second kappa shape index (κ2) is 10.2. The van der Waals surface area contributed by atoms with Crippen molar-refractivity contribution in [1.82, 2.24) is 0 Å². The van der Waals surface area contributed by atoms with Crippen molar-refractivity contribution in [3.05, 3.63) is 118 Å². The summed E-state index contributed by atoms with van der Waals surface area (Å²) in [5.41, 5.74) is 3.26. The van der Waals surface area contributed by atoms with Gasteiger partial charge in [0.25, 0.3) is 0 Å². The lowest BCUT2D eigenvalue weighted by molar-refractivity contribution is 0.0651. The summed E-state index contributed by atoms with van der Waals surface area (Å²) in [5, 5.41) is 37.3. The highest BCUT2D eigenvalue weighted by Gasteiger charge is 2.18. The van der Waals surface area contributed by atoms with Crippen LogP contribution in [0, 0.1) is 0 Å². The van der Waals surface area contributed by atoms with Crippen LogP contribution < -0.4 is 0 Å². The molecular formula is C29H20O8. The lowest BCUT2D eigenvalue weighted by Gasteiger charge is -2.10. The zero-order chi connectivity index (χ0) is 26.7. The van der Waals surface area contributed by atoms with Gasteiger partial charge < -0.3 is 20.4 Å². The number of carbonyl (C=O) groups is 4. The molecule has 4 aromatic rings. The normalized spacial score (nSPS) is 10.6. The first-order valence-corrected chi connectivity index (χ1v) is 11.0. The van der Waals surface area contributed by atoms with Gasteiger partial charge >= 0.3 is 23.9 Å². The Hall–Kier alpha value is -5.24. The van der Waals surface area contributed by atoms with Crippen LogP contribution in [-0.4, -0.2) is 44.3 Å². The highest BCUT2D eigenvalue weighted by atomic mass is 16.4. The van der Waals surface area contributed by atoms with Crippen LogP contribution in [0.1, 0.15) is 52.6 Å². The Morgan fingerprint density at radius 3 is 1.14 bits per heavy atom. The lowest BCUT2D eigenvalue weighted by atomic mass is 9.94. The average molecular weight is 496 g/mol. The van der Waals surface area contributed by atoms with E-state index in [1.54, 1.807) is 24.3 Å². The molecular weight excluding hydrogens is 476 g/mol. The molecule has 0 atom stereocenters. The van der Waals surface area contributed by atoms with Gasteiger partial charge in [-0.2, -0.15) is 0 Å².